The van der Waals surface area contributed by atoms with Crippen LogP contribution in [-0.4, -0.2) is 43.0 Å². The average molecular weight is 814 g/mol. The molecule has 0 radical (unpaired) electrons. The van der Waals surface area contributed by atoms with Crippen LogP contribution in [0.3, 0.4) is 0 Å². The lowest BCUT2D eigenvalue weighted by Gasteiger charge is -2.49. The number of anilines is 1. The van der Waals surface area contributed by atoms with Gasteiger partial charge in [0.05, 0.1) is 46.9 Å². The van der Waals surface area contributed by atoms with E-state index in [1.54, 1.807) is 48.5 Å². The Morgan fingerprint density at radius 1 is 0.882 bits per heavy atom. The summed E-state index contributed by atoms with van der Waals surface area (Å²) in [6, 6.07) is 26.2. The summed E-state index contributed by atoms with van der Waals surface area (Å²) in [6.07, 6.45) is 1.94. The third kappa shape index (κ3) is 4.74. The zero-order valence-electron chi connectivity index (χ0n) is 27.4. The molecule has 4 aromatic carbocycles. The van der Waals surface area contributed by atoms with Gasteiger partial charge in [-0.15, -0.1) is 0 Å². The maximum absolute atomic E-state index is 15.4. The second kappa shape index (κ2) is 12.3. The smallest absolute Gasteiger partial charge is 0.352 e. The van der Waals surface area contributed by atoms with Crippen LogP contribution in [0.5, 0.6) is 11.5 Å². The summed E-state index contributed by atoms with van der Waals surface area (Å²) in [4.78, 5) is 58.4. The van der Waals surface area contributed by atoms with E-state index in [2.05, 4.69) is 37.3 Å². The number of ether oxygens (including phenoxy) is 1. The number of imide groups is 1. The number of aryl methyl sites for hydroxylation is 1. The molecule has 1 saturated carbocycles. The molecule has 3 heterocycles. The van der Waals surface area contributed by atoms with E-state index in [-0.39, 0.29) is 24.5 Å². The van der Waals surface area contributed by atoms with Crippen LogP contribution >= 0.6 is 31.9 Å². The van der Waals surface area contributed by atoms with Crippen LogP contribution in [-0.2, 0) is 21.5 Å². The van der Waals surface area contributed by atoms with Gasteiger partial charge in [0, 0.05) is 10.4 Å². The Balaban J connectivity index is 1.42. The van der Waals surface area contributed by atoms with Gasteiger partial charge >= 0.3 is 11.4 Å². The van der Waals surface area contributed by atoms with Gasteiger partial charge in [0.15, 0.2) is 11.5 Å². The molecule has 1 aliphatic carbocycles. The van der Waals surface area contributed by atoms with Crippen molar-refractivity contribution in [2.24, 2.45) is 5.92 Å². The van der Waals surface area contributed by atoms with Gasteiger partial charge in [0.2, 0.25) is 0 Å². The molecule has 13 heteroatoms. The highest BCUT2D eigenvalue weighted by molar-refractivity contribution is 9.13. The average Bonchev–Trinajstić information content (AvgIpc) is 3.53. The fraction of sp³-hybridized carbons (Fsp3) is 0.211. The molecule has 1 aromatic heterocycles. The first kappa shape index (κ1) is 33.0. The number of fused-ring (bicyclic) bond motifs is 4. The highest BCUT2D eigenvalue weighted by Gasteiger charge is 2.69. The lowest BCUT2D eigenvalue weighted by atomic mass is 9.53. The van der Waals surface area contributed by atoms with E-state index in [0.717, 1.165) is 15.1 Å². The lowest BCUT2D eigenvalue weighted by molar-refractivity contribution is -0.138. The fourth-order valence-electron chi connectivity index (χ4n) is 8.13. The molecule has 0 bridgehead atoms. The topological polar surface area (TPSA) is 128 Å². The minimum atomic E-state index is -1.52. The van der Waals surface area contributed by atoms with Crippen molar-refractivity contribution in [2.75, 3.05) is 12.5 Å². The van der Waals surface area contributed by atoms with Crippen LogP contribution in [0.2, 0.25) is 0 Å². The largest absolute Gasteiger partial charge is 0.503 e. The van der Waals surface area contributed by atoms with Crippen LogP contribution < -0.4 is 21.5 Å². The quantitative estimate of drug-likeness (QED) is 0.160. The number of amides is 2. The Hall–Kier alpha value is -5.14. The summed E-state index contributed by atoms with van der Waals surface area (Å²) in [6.45, 7) is 2.00. The summed E-state index contributed by atoms with van der Waals surface area (Å²) in [5.41, 5.74) is 4.34. The van der Waals surface area contributed by atoms with Gasteiger partial charge in [-0.05, 0) is 92.2 Å². The molecule has 2 N–H and O–H groups in total. The Bertz CT molecular complexity index is 2390. The molecule has 2 fully saturated rings. The van der Waals surface area contributed by atoms with E-state index in [4.69, 9.17) is 4.74 Å². The van der Waals surface area contributed by atoms with Crippen LogP contribution in [0, 0.1) is 12.8 Å². The Morgan fingerprint density at radius 3 is 2.22 bits per heavy atom. The van der Waals surface area contributed by atoms with E-state index in [0.29, 0.717) is 37.0 Å². The SMILES string of the molecule is COc1cc([C@H]2C3=CCn4c(=O)n(-c5ccccc5)c(=O)n4[C@@H]3C[C@H]3C(=O)N(Nc4ccc(C)cc4)C(=O)[C@@]23c2ccccc2)c(Br)c(Br)c1O. The lowest BCUT2D eigenvalue weighted by Crippen LogP contribution is -2.53. The third-order valence-electron chi connectivity index (χ3n) is 10.4. The number of benzene rings is 4. The summed E-state index contributed by atoms with van der Waals surface area (Å²) < 4.78 is 10.3. The van der Waals surface area contributed by atoms with Crippen LogP contribution in [0.4, 0.5) is 5.69 Å². The number of carbonyl (C=O) groups excluding carboxylic acids is 2. The van der Waals surface area contributed by atoms with Gasteiger partial charge in [-0.25, -0.2) is 23.5 Å². The Morgan fingerprint density at radius 2 is 1.55 bits per heavy atom. The summed E-state index contributed by atoms with van der Waals surface area (Å²) in [5, 5.41) is 12.1. The van der Waals surface area contributed by atoms with E-state index in [9.17, 15) is 19.5 Å². The van der Waals surface area contributed by atoms with Gasteiger partial charge in [0.25, 0.3) is 11.8 Å². The molecule has 8 rings (SSSR count). The van der Waals surface area contributed by atoms with Gasteiger partial charge in [-0.3, -0.25) is 15.0 Å². The van der Waals surface area contributed by atoms with Crippen molar-refractivity contribution >= 4 is 49.4 Å². The number of phenols is 1. The maximum atomic E-state index is 15.4. The number of methoxy groups -OCH3 is 1. The standard InChI is InChI=1S/C38H31Br2N5O6/c1-21-13-15-23(16-14-21)41-44-34(47)27-20-28-25(17-18-42-36(49)43(37(50)45(28)42)24-11-7-4-8-12-24)30(26-19-29(51-2)33(46)32(40)31(26)39)38(27,35(44)48)22-9-5-3-6-10-22/h3-17,19,27-28,30,41,46H,18,20H2,1-2H3/t27-,28+,30+,38+/m0/s1. The number of hydrogen-bond acceptors (Lipinski definition) is 7. The van der Waals surface area contributed by atoms with E-state index >= 15 is 4.79 Å². The number of para-hydroxylation sites is 1. The van der Waals surface area contributed by atoms with Crippen LogP contribution in [0.15, 0.2) is 121 Å². The molecule has 258 valence electrons. The van der Waals surface area contributed by atoms with Gasteiger partial charge in [0.1, 0.15) is 0 Å². The van der Waals surface area contributed by atoms with Crippen molar-refractivity contribution in [1.29, 1.82) is 0 Å². The second-order valence-electron chi connectivity index (χ2n) is 12.9. The maximum Gasteiger partial charge on any atom is 0.352 e. The number of aromatic nitrogens is 3. The van der Waals surface area contributed by atoms with Gasteiger partial charge in [-0.2, -0.15) is 5.01 Å². The molecule has 2 aliphatic heterocycles. The molecule has 0 spiro atoms. The van der Waals surface area contributed by atoms with E-state index in [1.165, 1.54) is 16.5 Å². The third-order valence-corrected chi connectivity index (χ3v) is 12.5. The summed E-state index contributed by atoms with van der Waals surface area (Å²) >= 11 is 7.21. The molecule has 2 amide bonds. The van der Waals surface area contributed by atoms with Gasteiger partial charge < -0.3 is 9.84 Å². The first-order chi connectivity index (χ1) is 24.6. The molecule has 1 saturated heterocycles. The number of aromatic hydroxyl groups is 1. The Labute approximate surface area is 308 Å². The highest BCUT2D eigenvalue weighted by Crippen LogP contribution is 2.63. The number of halogens is 2. The van der Waals surface area contributed by atoms with Crippen molar-refractivity contribution in [3.05, 3.63) is 149 Å². The predicted octanol–water partition coefficient (Wildman–Crippen LogP) is 5.97. The number of carbonyl (C=O) groups is 2. The van der Waals surface area contributed by atoms with E-state index in [1.807, 2.05) is 55.5 Å². The molecule has 11 nitrogen and oxygen atoms in total. The van der Waals surface area contributed by atoms with Crippen LogP contribution in [0.1, 0.15) is 35.1 Å². The van der Waals surface area contributed by atoms with Crippen molar-refractivity contribution in [3.8, 4) is 17.2 Å². The summed E-state index contributed by atoms with van der Waals surface area (Å²) in [7, 11) is 1.43. The minimum absolute atomic E-state index is 0.0489. The second-order valence-corrected chi connectivity index (χ2v) is 14.5. The Kier molecular flexibility index (Phi) is 7.95. The van der Waals surface area contributed by atoms with Gasteiger partial charge in [-0.1, -0.05) is 72.3 Å². The minimum Gasteiger partial charge on any atom is -0.503 e. The molecule has 0 unspecified atom stereocenters. The van der Waals surface area contributed by atoms with Crippen molar-refractivity contribution in [2.45, 2.75) is 37.3 Å². The number of hydrogen-bond donors (Lipinski definition) is 2. The number of nitrogens with zero attached hydrogens (tertiary/aromatic N) is 4. The molecule has 5 aromatic rings. The molecular weight excluding hydrogens is 782 g/mol. The van der Waals surface area contributed by atoms with Crippen LogP contribution in [0.25, 0.3) is 5.69 Å². The number of hydrazine groups is 1. The predicted molar refractivity (Wildman–Crippen MR) is 197 cm³/mol. The van der Waals surface area contributed by atoms with Crippen molar-refractivity contribution < 1.29 is 19.4 Å². The highest BCUT2D eigenvalue weighted by atomic mass is 79.9. The molecular formula is C38H31Br2N5O6. The molecule has 3 aliphatic rings. The first-order valence-electron chi connectivity index (χ1n) is 16.3. The number of phenolic OH excluding ortho intramolecular Hbond substituents is 1. The normalized spacial score (nSPS) is 22.2. The zero-order chi connectivity index (χ0) is 35.8. The first-order valence-corrected chi connectivity index (χ1v) is 17.9. The van der Waals surface area contributed by atoms with Crippen molar-refractivity contribution in [1.82, 2.24) is 18.9 Å². The monoisotopic (exact) mass is 811 g/mol. The number of rotatable bonds is 6. The number of nitrogens with one attached hydrogen (secondary N) is 1. The zero-order valence-corrected chi connectivity index (χ0v) is 30.6. The number of allylic oxidation sites excluding steroid dienone is 2. The van der Waals surface area contributed by atoms with E-state index < -0.39 is 46.5 Å². The summed E-state index contributed by atoms with van der Waals surface area (Å²) in [5.74, 6) is -2.80. The fourth-order valence-corrected chi connectivity index (χ4v) is 9.08. The molecule has 51 heavy (non-hydrogen) atoms. The van der Waals surface area contributed by atoms with Crippen molar-refractivity contribution in [3.63, 3.8) is 0 Å². The molecule has 4 atom stereocenters.